The fourth-order valence-electron chi connectivity index (χ4n) is 1.83. The highest BCUT2D eigenvalue weighted by Gasteiger charge is 2.31. The second-order valence-corrected chi connectivity index (χ2v) is 3.58. The Hall–Kier alpha value is -0.340. The molecule has 1 aliphatic rings. The van der Waals surface area contributed by atoms with Gasteiger partial charge in [0.1, 0.15) is 0 Å². The first kappa shape index (κ1) is 8.75. The van der Waals surface area contributed by atoms with Crippen LogP contribution in [0.2, 0.25) is 0 Å². The van der Waals surface area contributed by atoms with Crippen LogP contribution in [-0.2, 0) is 0 Å². The number of hydrogen-bond acceptors (Lipinski definition) is 2. The van der Waals surface area contributed by atoms with Crippen molar-refractivity contribution in [1.82, 2.24) is 0 Å². The average molecular weight is 154 g/mol. The molecule has 2 heteroatoms. The SMILES string of the molecule is C=CCC1CCCCC1(N)N. The molecule has 0 amide bonds. The molecule has 1 aliphatic carbocycles. The summed E-state index contributed by atoms with van der Waals surface area (Å²) in [5, 5.41) is 0. The molecule has 11 heavy (non-hydrogen) atoms. The maximum Gasteiger partial charge on any atom is 0.0668 e. The zero-order valence-corrected chi connectivity index (χ0v) is 7.05. The van der Waals surface area contributed by atoms with Crippen LogP contribution in [0.25, 0.3) is 0 Å². The first-order valence-corrected chi connectivity index (χ1v) is 4.35. The normalized spacial score (nSPS) is 29.8. The summed E-state index contributed by atoms with van der Waals surface area (Å²) < 4.78 is 0. The van der Waals surface area contributed by atoms with E-state index in [1.54, 1.807) is 0 Å². The molecular weight excluding hydrogens is 136 g/mol. The molecule has 1 saturated carbocycles. The minimum Gasteiger partial charge on any atom is -0.313 e. The van der Waals surface area contributed by atoms with Gasteiger partial charge < -0.3 is 11.5 Å². The van der Waals surface area contributed by atoms with Crippen molar-refractivity contribution in [3.8, 4) is 0 Å². The van der Waals surface area contributed by atoms with Gasteiger partial charge in [-0.15, -0.1) is 6.58 Å². The highest BCUT2D eigenvalue weighted by molar-refractivity contribution is 4.92. The van der Waals surface area contributed by atoms with E-state index < -0.39 is 5.66 Å². The van der Waals surface area contributed by atoms with E-state index in [1.807, 2.05) is 6.08 Å². The van der Waals surface area contributed by atoms with Crippen LogP contribution in [0.5, 0.6) is 0 Å². The molecule has 0 aromatic heterocycles. The molecule has 0 bridgehead atoms. The van der Waals surface area contributed by atoms with Crippen molar-refractivity contribution >= 4 is 0 Å². The third-order valence-corrected chi connectivity index (χ3v) is 2.62. The predicted molar refractivity (Wildman–Crippen MR) is 47.9 cm³/mol. The summed E-state index contributed by atoms with van der Waals surface area (Å²) in [5.74, 6) is 0.453. The molecule has 0 radical (unpaired) electrons. The molecule has 1 atom stereocenters. The topological polar surface area (TPSA) is 52.0 Å². The van der Waals surface area contributed by atoms with Gasteiger partial charge in [-0.2, -0.15) is 0 Å². The van der Waals surface area contributed by atoms with Crippen molar-refractivity contribution in [2.45, 2.75) is 37.8 Å². The Kier molecular flexibility index (Phi) is 2.68. The van der Waals surface area contributed by atoms with E-state index in [0.717, 1.165) is 12.8 Å². The van der Waals surface area contributed by atoms with Crippen molar-refractivity contribution in [2.24, 2.45) is 17.4 Å². The predicted octanol–water partition coefficient (Wildman–Crippen LogP) is 1.37. The van der Waals surface area contributed by atoms with E-state index in [1.165, 1.54) is 19.3 Å². The minimum absolute atomic E-state index is 0.424. The summed E-state index contributed by atoms with van der Waals surface area (Å²) in [6, 6.07) is 0. The van der Waals surface area contributed by atoms with Crippen molar-refractivity contribution in [2.75, 3.05) is 0 Å². The first-order valence-electron chi connectivity index (χ1n) is 4.35. The lowest BCUT2D eigenvalue weighted by Gasteiger charge is -2.37. The second kappa shape index (κ2) is 3.37. The van der Waals surface area contributed by atoms with Crippen LogP contribution in [0, 0.1) is 5.92 Å². The van der Waals surface area contributed by atoms with Gasteiger partial charge in [-0.25, -0.2) is 0 Å². The summed E-state index contributed by atoms with van der Waals surface area (Å²) in [6.45, 7) is 3.71. The minimum atomic E-state index is -0.424. The zero-order valence-electron chi connectivity index (χ0n) is 7.05. The smallest absolute Gasteiger partial charge is 0.0668 e. The lowest BCUT2D eigenvalue weighted by Crippen LogP contribution is -2.56. The van der Waals surface area contributed by atoms with Crippen LogP contribution in [0.1, 0.15) is 32.1 Å². The van der Waals surface area contributed by atoms with Crippen LogP contribution < -0.4 is 11.5 Å². The molecule has 1 rings (SSSR count). The lowest BCUT2D eigenvalue weighted by atomic mass is 9.78. The Morgan fingerprint density at radius 1 is 1.45 bits per heavy atom. The molecule has 0 aromatic rings. The Balaban J connectivity index is 2.52. The van der Waals surface area contributed by atoms with E-state index in [-0.39, 0.29) is 0 Å². The highest BCUT2D eigenvalue weighted by Crippen LogP contribution is 2.30. The summed E-state index contributed by atoms with van der Waals surface area (Å²) in [6.07, 6.45) is 7.47. The molecule has 0 aliphatic heterocycles. The monoisotopic (exact) mass is 154 g/mol. The molecule has 0 saturated heterocycles. The van der Waals surface area contributed by atoms with Gasteiger partial charge in [-0.3, -0.25) is 0 Å². The lowest BCUT2D eigenvalue weighted by molar-refractivity contribution is 0.197. The van der Waals surface area contributed by atoms with Gasteiger partial charge in [0.25, 0.3) is 0 Å². The fraction of sp³-hybridized carbons (Fsp3) is 0.778. The van der Waals surface area contributed by atoms with Crippen LogP contribution in [0.15, 0.2) is 12.7 Å². The van der Waals surface area contributed by atoms with E-state index in [0.29, 0.717) is 5.92 Å². The molecule has 1 unspecified atom stereocenters. The van der Waals surface area contributed by atoms with Gasteiger partial charge in [0.15, 0.2) is 0 Å². The van der Waals surface area contributed by atoms with Crippen molar-refractivity contribution in [1.29, 1.82) is 0 Å². The Morgan fingerprint density at radius 3 is 2.73 bits per heavy atom. The summed E-state index contributed by atoms with van der Waals surface area (Å²) in [7, 11) is 0. The third kappa shape index (κ3) is 2.04. The molecule has 1 fully saturated rings. The highest BCUT2D eigenvalue weighted by atomic mass is 15.0. The molecule has 0 heterocycles. The van der Waals surface area contributed by atoms with Crippen LogP contribution in [-0.4, -0.2) is 5.66 Å². The number of rotatable bonds is 2. The van der Waals surface area contributed by atoms with E-state index in [4.69, 9.17) is 11.5 Å². The van der Waals surface area contributed by atoms with Crippen molar-refractivity contribution < 1.29 is 0 Å². The van der Waals surface area contributed by atoms with Crippen molar-refractivity contribution in [3.05, 3.63) is 12.7 Å². The molecule has 0 aromatic carbocycles. The Labute approximate surface area is 68.6 Å². The van der Waals surface area contributed by atoms with Gasteiger partial charge in [0.05, 0.1) is 5.66 Å². The van der Waals surface area contributed by atoms with Crippen LogP contribution in [0.4, 0.5) is 0 Å². The van der Waals surface area contributed by atoms with Gasteiger partial charge >= 0.3 is 0 Å². The van der Waals surface area contributed by atoms with Gasteiger partial charge in [0.2, 0.25) is 0 Å². The summed E-state index contributed by atoms with van der Waals surface area (Å²) >= 11 is 0. The standard InChI is InChI=1S/C9H18N2/c1-2-5-8-6-3-4-7-9(8,10)11/h2,8H,1,3-7,10-11H2. The Bertz CT molecular complexity index is 140. The molecular formula is C9H18N2. The van der Waals surface area contributed by atoms with Gasteiger partial charge in [-0.1, -0.05) is 18.9 Å². The van der Waals surface area contributed by atoms with Gasteiger partial charge in [0, 0.05) is 0 Å². The number of allylic oxidation sites excluding steroid dienone is 1. The summed E-state index contributed by atoms with van der Waals surface area (Å²) in [5.41, 5.74) is 11.5. The average Bonchev–Trinajstić information content (AvgIpc) is 1.94. The largest absolute Gasteiger partial charge is 0.313 e. The molecule has 64 valence electrons. The van der Waals surface area contributed by atoms with Crippen LogP contribution >= 0.6 is 0 Å². The zero-order chi connectivity index (χ0) is 8.32. The van der Waals surface area contributed by atoms with E-state index in [9.17, 15) is 0 Å². The third-order valence-electron chi connectivity index (χ3n) is 2.62. The van der Waals surface area contributed by atoms with E-state index >= 15 is 0 Å². The van der Waals surface area contributed by atoms with Crippen molar-refractivity contribution in [3.63, 3.8) is 0 Å². The quantitative estimate of drug-likeness (QED) is 0.466. The number of hydrogen-bond donors (Lipinski definition) is 2. The fourth-order valence-corrected chi connectivity index (χ4v) is 1.83. The second-order valence-electron chi connectivity index (χ2n) is 3.58. The molecule has 4 N–H and O–H groups in total. The maximum absolute atomic E-state index is 5.94. The summed E-state index contributed by atoms with van der Waals surface area (Å²) in [4.78, 5) is 0. The Morgan fingerprint density at radius 2 is 2.18 bits per heavy atom. The van der Waals surface area contributed by atoms with E-state index in [2.05, 4.69) is 6.58 Å². The molecule has 0 spiro atoms. The number of nitrogens with two attached hydrogens (primary N) is 2. The molecule has 2 nitrogen and oxygen atoms in total. The van der Waals surface area contributed by atoms with Crippen LogP contribution in [0.3, 0.4) is 0 Å². The van der Waals surface area contributed by atoms with Gasteiger partial charge in [-0.05, 0) is 25.2 Å². The maximum atomic E-state index is 5.94. The first-order chi connectivity index (χ1) is 5.17.